The van der Waals surface area contributed by atoms with Crippen molar-refractivity contribution in [1.29, 1.82) is 0 Å². The molecule has 0 saturated carbocycles. The number of rotatable bonds is 7. The summed E-state index contributed by atoms with van der Waals surface area (Å²) in [5, 5.41) is 17.4. The molecule has 1 atom stereocenters. The predicted molar refractivity (Wildman–Crippen MR) is 116 cm³/mol. The first-order chi connectivity index (χ1) is 12.1. The Hall–Kier alpha value is -1.42. The van der Waals surface area contributed by atoms with Crippen molar-refractivity contribution in [2.24, 2.45) is 4.99 Å². The number of nitrogens with zero attached hydrogens (tertiary/aromatic N) is 3. The first-order valence-corrected chi connectivity index (χ1v) is 9.06. The first kappa shape index (κ1) is 22.6. The summed E-state index contributed by atoms with van der Waals surface area (Å²) in [6, 6.07) is 7.36. The minimum atomic E-state index is -0.376. The second kappa shape index (κ2) is 12.1. The molecular weight excluding hydrogens is 445 g/mol. The van der Waals surface area contributed by atoms with E-state index in [0.29, 0.717) is 12.6 Å². The predicted octanol–water partition coefficient (Wildman–Crippen LogP) is 3.14. The van der Waals surface area contributed by atoms with Crippen LogP contribution in [0.2, 0.25) is 0 Å². The number of hydrogen-bond acceptors (Lipinski definition) is 4. The van der Waals surface area contributed by atoms with E-state index in [0.717, 1.165) is 24.6 Å². The molecule has 0 aromatic heterocycles. The van der Waals surface area contributed by atoms with Crippen molar-refractivity contribution < 1.29 is 4.92 Å². The molecule has 0 amide bonds. The molecule has 1 unspecified atom stereocenters. The zero-order chi connectivity index (χ0) is 18.1. The lowest BCUT2D eigenvalue weighted by molar-refractivity contribution is -0.384. The minimum Gasteiger partial charge on any atom is -0.355 e. The van der Waals surface area contributed by atoms with Crippen LogP contribution in [-0.2, 0) is 6.54 Å². The van der Waals surface area contributed by atoms with Crippen molar-refractivity contribution in [1.82, 2.24) is 15.5 Å². The standard InChI is InChI=1S/C18H29N5O2.HI/c1-3-16-8-4-5-11-22(16)12-10-20-18(19-2)21-14-15-7-6-9-17(13-15)23(24)25;/h6-7,9,13,16H,3-5,8,10-12,14H2,1-2H3,(H2,19,20,21);1H. The summed E-state index contributed by atoms with van der Waals surface area (Å²) in [4.78, 5) is 17.2. The van der Waals surface area contributed by atoms with Gasteiger partial charge in [-0.25, -0.2) is 0 Å². The largest absolute Gasteiger partial charge is 0.355 e. The molecule has 8 heteroatoms. The van der Waals surface area contributed by atoms with Crippen LogP contribution in [0, 0.1) is 10.1 Å². The number of benzene rings is 1. The van der Waals surface area contributed by atoms with Crippen LogP contribution in [0.4, 0.5) is 5.69 Å². The molecule has 0 bridgehead atoms. The maximum atomic E-state index is 10.8. The summed E-state index contributed by atoms with van der Waals surface area (Å²) in [7, 11) is 1.73. The van der Waals surface area contributed by atoms with Crippen LogP contribution in [0.15, 0.2) is 29.3 Å². The van der Waals surface area contributed by atoms with Gasteiger partial charge in [-0.05, 0) is 31.4 Å². The third-order valence-electron chi connectivity index (χ3n) is 4.72. The SMILES string of the molecule is CCC1CCCCN1CCNC(=NC)NCc1cccc([N+](=O)[O-])c1.I. The Labute approximate surface area is 172 Å². The Morgan fingerprint density at radius 2 is 2.19 bits per heavy atom. The van der Waals surface area contributed by atoms with Crippen LogP contribution < -0.4 is 10.6 Å². The van der Waals surface area contributed by atoms with Crippen LogP contribution >= 0.6 is 24.0 Å². The number of non-ortho nitro benzene ring substituents is 1. The summed E-state index contributed by atoms with van der Waals surface area (Å²) < 4.78 is 0. The highest BCUT2D eigenvalue weighted by Gasteiger charge is 2.19. The molecule has 1 fully saturated rings. The molecule has 2 rings (SSSR count). The normalized spacial score (nSPS) is 18.1. The van der Waals surface area contributed by atoms with E-state index in [-0.39, 0.29) is 34.6 Å². The summed E-state index contributed by atoms with van der Waals surface area (Å²) >= 11 is 0. The fourth-order valence-corrected chi connectivity index (χ4v) is 3.32. The summed E-state index contributed by atoms with van der Waals surface area (Å²) in [5.74, 6) is 0.719. The molecule has 1 saturated heterocycles. The summed E-state index contributed by atoms with van der Waals surface area (Å²) in [6.07, 6.45) is 5.14. The van der Waals surface area contributed by atoms with Crippen LogP contribution in [0.1, 0.15) is 38.2 Å². The van der Waals surface area contributed by atoms with E-state index in [1.165, 1.54) is 38.3 Å². The third kappa shape index (κ3) is 7.06. The van der Waals surface area contributed by atoms with Gasteiger partial charge in [0.15, 0.2) is 5.96 Å². The van der Waals surface area contributed by atoms with Gasteiger partial charge in [-0.15, -0.1) is 24.0 Å². The molecule has 7 nitrogen and oxygen atoms in total. The van der Waals surface area contributed by atoms with Gasteiger partial charge in [0.2, 0.25) is 0 Å². The van der Waals surface area contributed by atoms with E-state index in [2.05, 4.69) is 27.4 Å². The molecule has 0 radical (unpaired) electrons. The van der Waals surface area contributed by atoms with Gasteiger partial charge < -0.3 is 10.6 Å². The number of guanidine groups is 1. The highest BCUT2D eigenvalue weighted by atomic mass is 127. The Kier molecular flexibility index (Phi) is 10.5. The topological polar surface area (TPSA) is 82.8 Å². The quantitative estimate of drug-likeness (QED) is 0.208. The van der Waals surface area contributed by atoms with E-state index in [9.17, 15) is 10.1 Å². The van der Waals surface area contributed by atoms with Gasteiger partial charge in [0, 0.05) is 44.9 Å². The molecule has 1 heterocycles. The van der Waals surface area contributed by atoms with Crippen molar-refractivity contribution in [3.63, 3.8) is 0 Å². The highest BCUT2D eigenvalue weighted by molar-refractivity contribution is 14.0. The van der Waals surface area contributed by atoms with Gasteiger partial charge in [-0.2, -0.15) is 0 Å². The minimum absolute atomic E-state index is 0. The molecule has 1 aromatic rings. The van der Waals surface area contributed by atoms with E-state index in [1.807, 2.05) is 6.07 Å². The van der Waals surface area contributed by atoms with Gasteiger partial charge in [0.1, 0.15) is 0 Å². The zero-order valence-corrected chi connectivity index (χ0v) is 17.9. The Morgan fingerprint density at radius 1 is 1.38 bits per heavy atom. The van der Waals surface area contributed by atoms with Crippen LogP contribution in [0.5, 0.6) is 0 Å². The molecule has 0 aliphatic carbocycles. The van der Waals surface area contributed by atoms with E-state index in [4.69, 9.17) is 0 Å². The first-order valence-electron chi connectivity index (χ1n) is 9.06. The fraction of sp³-hybridized carbons (Fsp3) is 0.611. The summed E-state index contributed by atoms with van der Waals surface area (Å²) in [6.45, 7) is 5.79. The molecule has 1 aliphatic heterocycles. The van der Waals surface area contributed by atoms with Crippen molar-refractivity contribution >= 4 is 35.6 Å². The second-order valence-corrected chi connectivity index (χ2v) is 6.37. The number of halogens is 1. The molecule has 1 aromatic carbocycles. The third-order valence-corrected chi connectivity index (χ3v) is 4.72. The van der Waals surface area contributed by atoms with Crippen molar-refractivity contribution in [3.8, 4) is 0 Å². The molecule has 2 N–H and O–H groups in total. The monoisotopic (exact) mass is 475 g/mol. The maximum Gasteiger partial charge on any atom is 0.269 e. The van der Waals surface area contributed by atoms with Crippen LogP contribution in [0.3, 0.4) is 0 Å². The number of hydrogen-bond donors (Lipinski definition) is 2. The zero-order valence-electron chi connectivity index (χ0n) is 15.6. The molecule has 1 aliphatic rings. The van der Waals surface area contributed by atoms with E-state index in [1.54, 1.807) is 19.2 Å². The Bertz CT molecular complexity index is 597. The average Bonchev–Trinajstić information content (AvgIpc) is 2.65. The molecule has 0 spiro atoms. The number of piperidine rings is 1. The van der Waals surface area contributed by atoms with Gasteiger partial charge in [0.25, 0.3) is 5.69 Å². The number of aliphatic imine (C=N–C) groups is 1. The smallest absolute Gasteiger partial charge is 0.269 e. The number of nitrogens with one attached hydrogen (secondary N) is 2. The number of likely N-dealkylation sites (tertiary alicyclic amines) is 1. The molecular formula is C18H30IN5O2. The van der Waals surface area contributed by atoms with Crippen LogP contribution in [0.25, 0.3) is 0 Å². The van der Waals surface area contributed by atoms with Gasteiger partial charge in [-0.3, -0.25) is 20.0 Å². The fourth-order valence-electron chi connectivity index (χ4n) is 3.32. The van der Waals surface area contributed by atoms with Gasteiger partial charge >= 0.3 is 0 Å². The second-order valence-electron chi connectivity index (χ2n) is 6.37. The van der Waals surface area contributed by atoms with Crippen LogP contribution in [-0.4, -0.2) is 48.5 Å². The number of nitro groups is 1. The Balaban J connectivity index is 0.00000338. The maximum absolute atomic E-state index is 10.8. The lowest BCUT2D eigenvalue weighted by Crippen LogP contribution is -2.45. The van der Waals surface area contributed by atoms with Gasteiger partial charge in [0.05, 0.1) is 4.92 Å². The van der Waals surface area contributed by atoms with Crippen molar-refractivity contribution in [3.05, 3.63) is 39.9 Å². The Morgan fingerprint density at radius 3 is 2.88 bits per heavy atom. The lowest BCUT2D eigenvalue weighted by atomic mass is 10.0. The van der Waals surface area contributed by atoms with Crippen molar-refractivity contribution in [2.45, 2.75) is 45.2 Å². The summed E-state index contributed by atoms with van der Waals surface area (Å²) in [5.41, 5.74) is 0.970. The van der Waals surface area contributed by atoms with E-state index >= 15 is 0 Å². The number of nitro benzene ring substituents is 1. The van der Waals surface area contributed by atoms with Crippen molar-refractivity contribution in [2.75, 3.05) is 26.7 Å². The van der Waals surface area contributed by atoms with Gasteiger partial charge in [-0.1, -0.05) is 25.5 Å². The molecule has 146 valence electrons. The van der Waals surface area contributed by atoms with E-state index < -0.39 is 0 Å². The lowest BCUT2D eigenvalue weighted by Gasteiger charge is -2.35. The average molecular weight is 475 g/mol. The highest BCUT2D eigenvalue weighted by Crippen LogP contribution is 2.18. The molecule has 26 heavy (non-hydrogen) atoms.